The van der Waals surface area contributed by atoms with Crippen molar-refractivity contribution in [3.05, 3.63) is 23.0 Å². The summed E-state index contributed by atoms with van der Waals surface area (Å²) < 4.78 is 5.36. The summed E-state index contributed by atoms with van der Waals surface area (Å²) in [5, 5.41) is 8.08. The molecule has 0 saturated heterocycles. The first kappa shape index (κ1) is 15.4. The molecule has 0 radical (unpaired) electrons. The molecule has 5 heteroatoms. The highest BCUT2D eigenvalue weighted by Gasteiger charge is 2.42. The van der Waals surface area contributed by atoms with Crippen LogP contribution < -0.4 is 5.32 Å². The first-order valence-electron chi connectivity index (χ1n) is 9.68. The van der Waals surface area contributed by atoms with Crippen LogP contribution >= 0.6 is 0 Å². The highest BCUT2D eigenvalue weighted by Crippen LogP contribution is 2.49. The predicted octanol–water partition coefficient (Wildman–Crippen LogP) is 3.96. The number of hydrogen-bond acceptors (Lipinski definition) is 4. The van der Waals surface area contributed by atoms with Crippen LogP contribution in [0.25, 0.3) is 11.1 Å². The maximum absolute atomic E-state index is 13.1. The van der Waals surface area contributed by atoms with Crippen molar-refractivity contribution in [3.63, 3.8) is 0 Å². The Bertz CT molecular complexity index is 839. The van der Waals surface area contributed by atoms with Crippen LogP contribution in [0.3, 0.4) is 0 Å². The van der Waals surface area contributed by atoms with Gasteiger partial charge in [-0.05, 0) is 69.8 Å². The second-order valence-corrected chi connectivity index (χ2v) is 8.42. The van der Waals surface area contributed by atoms with Gasteiger partial charge < -0.3 is 9.84 Å². The Morgan fingerprint density at radius 3 is 2.80 bits per heavy atom. The van der Waals surface area contributed by atoms with E-state index < -0.39 is 0 Å². The molecule has 3 fully saturated rings. The molecule has 2 aromatic heterocycles. The van der Waals surface area contributed by atoms with Crippen LogP contribution in [0.5, 0.6) is 0 Å². The molecule has 0 spiro atoms. The van der Waals surface area contributed by atoms with E-state index in [4.69, 9.17) is 4.52 Å². The molecule has 25 heavy (non-hydrogen) atoms. The van der Waals surface area contributed by atoms with Gasteiger partial charge in [0.25, 0.3) is 11.6 Å². The lowest BCUT2D eigenvalue weighted by Crippen LogP contribution is -2.40. The Kier molecular flexibility index (Phi) is 3.41. The van der Waals surface area contributed by atoms with Crippen LogP contribution in [0.1, 0.15) is 73.1 Å². The van der Waals surface area contributed by atoms with E-state index in [9.17, 15) is 4.79 Å². The Morgan fingerprint density at radius 1 is 1.28 bits per heavy atom. The summed E-state index contributed by atoms with van der Waals surface area (Å²) in [5.41, 5.74) is 2.89. The summed E-state index contributed by atoms with van der Waals surface area (Å²) in [5.74, 6) is 2.80. The smallest absolute Gasteiger partial charge is 0.259 e. The maximum Gasteiger partial charge on any atom is 0.259 e. The third kappa shape index (κ3) is 2.55. The van der Waals surface area contributed by atoms with Crippen molar-refractivity contribution in [2.75, 3.05) is 0 Å². The molecular formula is C20H25N3O2. The average Bonchev–Trinajstić information content (AvgIpc) is 3.06. The van der Waals surface area contributed by atoms with Gasteiger partial charge >= 0.3 is 0 Å². The Morgan fingerprint density at radius 2 is 2.12 bits per heavy atom. The molecule has 2 bridgehead atoms. The number of aryl methyl sites for hydroxylation is 1. The lowest BCUT2D eigenvalue weighted by atomic mass is 9.84. The van der Waals surface area contributed by atoms with Gasteiger partial charge in [-0.15, -0.1) is 0 Å². The number of nitrogens with zero attached hydrogens (tertiary/aromatic N) is 2. The third-order valence-corrected chi connectivity index (χ3v) is 6.67. The van der Waals surface area contributed by atoms with Crippen molar-refractivity contribution in [2.45, 2.75) is 64.3 Å². The Balaban J connectivity index is 1.43. The van der Waals surface area contributed by atoms with Crippen LogP contribution in [-0.2, 0) is 0 Å². The second-order valence-electron chi connectivity index (χ2n) is 8.42. The maximum atomic E-state index is 13.1. The van der Waals surface area contributed by atoms with E-state index in [1.165, 1.54) is 25.7 Å². The van der Waals surface area contributed by atoms with E-state index >= 15 is 0 Å². The van der Waals surface area contributed by atoms with Gasteiger partial charge in [0.1, 0.15) is 0 Å². The van der Waals surface area contributed by atoms with Crippen molar-refractivity contribution < 1.29 is 9.32 Å². The Labute approximate surface area is 147 Å². The molecule has 5 nitrogen and oxygen atoms in total. The molecule has 1 amide bonds. The number of rotatable bonds is 4. The van der Waals surface area contributed by atoms with E-state index in [1.54, 1.807) is 0 Å². The quantitative estimate of drug-likeness (QED) is 0.915. The van der Waals surface area contributed by atoms with Gasteiger partial charge in [0, 0.05) is 17.7 Å². The fourth-order valence-corrected chi connectivity index (χ4v) is 5.18. The number of amides is 1. The number of nitrogens with one attached hydrogen (secondary N) is 1. The molecule has 0 aromatic carbocycles. The number of carbonyl (C=O) groups excluding carboxylic acids is 1. The standard InChI is InChI=1S/C20H25N3O2/c1-10(15-8-12-3-4-14(15)7-12)21-19(24)16-9-17(13-5-6-13)22-20-18(16)11(2)23-25-20/h9-10,12-15H,3-8H2,1-2H3,(H,21,24). The minimum Gasteiger partial charge on any atom is -0.349 e. The van der Waals surface area contributed by atoms with Gasteiger partial charge in [-0.25, -0.2) is 4.98 Å². The van der Waals surface area contributed by atoms with Crippen molar-refractivity contribution in [3.8, 4) is 0 Å². The van der Waals surface area contributed by atoms with Gasteiger partial charge in [-0.2, -0.15) is 0 Å². The van der Waals surface area contributed by atoms with E-state index in [0.717, 1.165) is 41.5 Å². The van der Waals surface area contributed by atoms with Crippen LogP contribution in [0, 0.1) is 24.7 Å². The zero-order chi connectivity index (χ0) is 17.1. The second kappa shape index (κ2) is 5.55. The van der Waals surface area contributed by atoms with Gasteiger partial charge in [0.15, 0.2) is 0 Å². The fourth-order valence-electron chi connectivity index (χ4n) is 5.18. The first-order valence-corrected chi connectivity index (χ1v) is 9.68. The molecule has 2 aromatic rings. The topological polar surface area (TPSA) is 68.0 Å². The average molecular weight is 339 g/mol. The number of hydrogen-bond donors (Lipinski definition) is 1. The third-order valence-electron chi connectivity index (χ3n) is 6.67. The minimum atomic E-state index is -0.00382. The number of aromatic nitrogens is 2. The lowest BCUT2D eigenvalue weighted by Gasteiger charge is -2.28. The summed E-state index contributed by atoms with van der Waals surface area (Å²) in [6.07, 6.45) is 7.66. The lowest BCUT2D eigenvalue weighted by molar-refractivity contribution is 0.0916. The minimum absolute atomic E-state index is 0.00382. The van der Waals surface area contributed by atoms with Gasteiger partial charge in [-0.3, -0.25) is 4.79 Å². The zero-order valence-corrected chi connectivity index (χ0v) is 14.9. The van der Waals surface area contributed by atoms with E-state index in [2.05, 4.69) is 22.4 Å². The highest BCUT2D eigenvalue weighted by atomic mass is 16.5. The van der Waals surface area contributed by atoms with Gasteiger partial charge in [0.05, 0.1) is 16.6 Å². The molecule has 1 N–H and O–H groups in total. The van der Waals surface area contributed by atoms with E-state index in [0.29, 0.717) is 23.1 Å². The van der Waals surface area contributed by atoms with Gasteiger partial charge in [-0.1, -0.05) is 11.6 Å². The molecule has 3 aliphatic rings. The van der Waals surface area contributed by atoms with Crippen LogP contribution in [0.15, 0.2) is 10.6 Å². The molecule has 3 aliphatic carbocycles. The van der Waals surface area contributed by atoms with Crippen molar-refractivity contribution in [1.29, 1.82) is 0 Å². The Hall–Kier alpha value is -1.91. The molecule has 4 unspecified atom stereocenters. The summed E-state index contributed by atoms with van der Waals surface area (Å²) in [7, 11) is 0. The molecule has 2 heterocycles. The molecule has 4 atom stereocenters. The molecule has 5 rings (SSSR count). The summed E-state index contributed by atoms with van der Waals surface area (Å²) >= 11 is 0. The molecule has 0 aliphatic heterocycles. The molecular weight excluding hydrogens is 314 g/mol. The number of carbonyl (C=O) groups is 1. The van der Waals surface area contributed by atoms with E-state index in [1.807, 2.05) is 13.0 Å². The first-order chi connectivity index (χ1) is 12.1. The SMILES string of the molecule is Cc1noc2nc(C3CC3)cc(C(=O)NC(C)C3CC4CCC3C4)c12. The predicted molar refractivity (Wildman–Crippen MR) is 94.4 cm³/mol. The number of fused-ring (bicyclic) bond motifs is 3. The van der Waals surface area contributed by atoms with Crippen LogP contribution in [0.4, 0.5) is 0 Å². The monoisotopic (exact) mass is 339 g/mol. The van der Waals surface area contributed by atoms with Crippen LogP contribution in [-0.4, -0.2) is 22.1 Å². The van der Waals surface area contributed by atoms with Crippen molar-refractivity contribution in [2.24, 2.45) is 17.8 Å². The van der Waals surface area contributed by atoms with Crippen molar-refractivity contribution >= 4 is 17.0 Å². The molecule has 132 valence electrons. The number of pyridine rings is 1. The van der Waals surface area contributed by atoms with Crippen molar-refractivity contribution in [1.82, 2.24) is 15.5 Å². The molecule has 3 saturated carbocycles. The fraction of sp³-hybridized carbons (Fsp3) is 0.650. The van der Waals surface area contributed by atoms with Crippen LogP contribution in [0.2, 0.25) is 0 Å². The van der Waals surface area contributed by atoms with Gasteiger partial charge in [0.2, 0.25) is 0 Å². The van der Waals surface area contributed by atoms with E-state index in [-0.39, 0.29) is 11.9 Å². The largest absolute Gasteiger partial charge is 0.349 e. The normalized spacial score (nSPS) is 29.3. The summed E-state index contributed by atoms with van der Waals surface area (Å²) in [6.45, 7) is 4.05. The summed E-state index contributed by atoms with van der Waals surface area (Å²) in [4.78, 5) is 17.6. The zero-order valence-electron chi connectivity index (χ0n) is 14.9. The highest BCUT2D eigenvalue weighted by molar-refractivity contribution is 6.06. The summed E-state index contributed by atoms with van der Waals surface area (Å²) in [6, 6.07) is 2.18.